The van der Waals surface area contributed by atoms with E-state index in [9.17, 15) is 0 Å². The molecule has 1 unspecified atom stereocenters. The maximum Gasteiger partial charge on any atom is 0.137 e. The minimum atomic E-state index is 0.233. The lowest BCUT2D eigenvalue weighted by Gasteiger charge is -2.39. The molecular weight excluding hydrogens is 310 g/mol. The standard InChI is InChI=1S/C18H30ClN3O/c1-3-7-21-8-10-22(11-9-21)17(14-20)15-5-6-18(16(19)13-15)23-12-4-2/h5-6,13,17H,3-4,7-12,14,20H2,1-2H3. The zero-order valence-corrected chi connectivity index (χ0v) is 15.2. The molecule has 4 nitrogen and oxygen atoms in total. The summed E-state index contributed by atoms with van der Waals surface area (Å²) in [5.74, 6) is 0.765. The van der Waals surface area contributed by atoms with Crippen molar-refractivity contribution in [2.45, 2.75) is 32.7 Å². The summed E-state index contributed by atoms with van der Waals surface area (Å²) in [6, 6.07) is 6.33. The van der Waals surface area contributed by atoms with Crippen LogP contribution in [0.3, 0.4) is 0 Å². The van der Waals surface area contributed by atoms with Gasteiger partial charge in [0.2, 0.25) is 0 Å². The molecule has 5 heteroatoms. The average molecular weight is 340 g/mol. The van der Waals surface area contributed by atoms with E-state index < -0.39 is 0 Å². The molecule has 0 radical (unpaired) electrons. The van der Waals surface area contributed by atoms with E-state index in [-0.39, 0.29) is 6.04 Å². The van der Waals surface area contributed by atoms with Crippen LogP contribution in [0.2, 0.25) is 5.02 Å². The Hall–Kier alpha value is -0.810. The second-order valence-electron chi connectivity index (χ2n) is 6.17. The van der Waals surface area contributed by atoms with Gasteiger partial charge in [-0.3, -0.25) is 4.90 Å². The van der Waals surface area contributed by atoms with E-state index in [1.807, 2.05) is 12.1 Å². The van der Waals surface area contributed by atoms with Gasteiger partial charge in [0.25, 0.3) is 0 Å². The summed E-state index contributed by atoms with van der Waals surface area (Å²) in [5.41, 5.74) is 7.25. The van der Waals surface area contributed by atoms with Gasteiger partial charge in [-0.15, -0.1) is 0 Å². The van der Waals surface area contributed by atoms with Crippen LogP contribution in [-0.2, 0) is 0 Å². The molecule has 1 saturated heterocycles. The van der Waals surface area contributed by atoms with Gasteiger partial charge >= 0.3 is 0 Å². The summed E-state index contributed by atoms with van der Waals surface area (Å²) in [7, 11) is 0. The highest BCUT2D eigenvalue weighted by atomic mass is 35.5. The van der Waals surface area contributed by atoms with E-state index in [1.165, 1.54) is 18.5 Å². The number of ether oxygens (including phenoxy) is 1. The first-order valence-electron chi connectivity index (χ1n) is 8.78. The maximum absolute atomic E-state index is 6.38. The first-order chi connectivity index (χ1) is 11.2. The average Bonchev–Trinajstić information content (AvgIpc) is 2.56. The number of benzene rings is 1. The Bertz CT molecular complexity index is 475. The van der Waals surface area contributed by atoms with Crippen molar-refractivity contribution in [2.24, 2.45) is 5.73 Å². The number of nitrogens with two attached hydrogens (primary N) is 1. The van der Waals surface area contributed by atoms with Gasteiger partial charge in [-0.2, -0.15) is 0 Å². The smallest absolute Gasteiger partial charge is 0.137 e. The van der Waals surface area contributed by atoms with Crippen LogP contribution in [0.1, 0.15) is 38.3 Å². The molecule has 130 valence electrons. The number of rotatable bonds is 8. The minimum Gasteiger partial charge on any atom is -0.492 e. The third-order valence-corrected chi connectivity index (χ3v) is 4.71. The fourth-order valence-corrected chi connectivity index (χ4v) is 3.41. The van der Waals surface area contributed by atoms with Crippen molar-refractivity contribution in [3.05, 3.63) is 28.8 Å². The van der Waals surface area contributed by atoms with Gasteiger partial charge < -0.3 is 15.4 Å². The van der Waals surface area contributed by atoms with Crippen molar-refractivity contribution in [1.82, 2.24) is 9.80 Å². The molecule has 1 aromatic rings. The number of hydrogen-bond donors (Lipinski definition) is 1. The quantitative estimate of drug-likeness (QED) is 0.790. The summed E-state index contributed by atoms with van der Waals surface area (Å²) < 4.78 is 5.66. The van der Waals surface area contributed by atoms with Gasteiger partial charge in [-0.05, 0) is 37.1 Å². The summed E-state index contributed by atoms with van der Waals surface area (Å²) in [4.78, 5) is 5.00. The number of nitrogens with zero attached hydrogens (tertiary/aromatic N) is 2. The molecule has 2 rings (SSSR count). The highest BCUT2D eigenvalue weighted by Crippen LogP contribution is 2.30. The van der Waals surface area contributed by atoms with Gasteiger partial charge in [0.15, 0.2) is 0 Å². The topological polar surface area (TPSA) is 41.7 Å². The van der Waals surface area contributed by atoms with E-state index in [0.717, 1.165) is 38.3 Å². The van der Waals surface area contributed by atoms with E-state index >= 15 is 0 Å². The van der Waals surface area contributed by atoms with Crippen molar-refractivity contribution in [3.8, 4) is 5.75 Å². The Morgan fingerprint density at radius 3 is 2.48 bits per heavy atom. The molecular formula is C18H30ClN3O. The molecule has 0 spiro atoms. The number of piperazine rings is 1. The third-order valence-electron chi connectivity index (χ3n) is 4.41. The molecule has 0 aromatic heterocycles. The van der Waals surface area contributed by atoms with Crippen molar-refractivity contribution in [1.29, 1.82) is 0 Å². The zero-order chi connectivity index (χ0) is 16.7. The minimum absolute atomic E-state index is 0.233. The lowest BCUT2D eigenvalue weighted by atomic mass is 10.0. The molecule has 1 fully saturated rings. The molecule has 1 heterocycles. The fraction of sp³-hybridized carbons (Fsp3) is 0.667. The molecule has 1 aliphatic rings. The Morgan fingerprint density at radius 2 is 1.91 bits per heavy atom. The van der Waals surface area contributed by atoms with Gasteiger partial charge in [-0.1, -0.05) is 31.5 Å². The lowest BCUT2D eigenvalue weighted by Crippen LogP contribution is -2.49. The number of hydrogen-bond acceptors (Lipinski definition) is 4. The summed E-state index contributed by atoms with van der Waals surface area (Å²) in [6.45, 7) is 11.2. The maximum atomic E-state index is 6.38. The van der Waals surface area contributed by atoms with Crippen molar-refractivity contribution >= 4 is 11.6 Å². The second-order valence-corrected chi connectivity index (χ2v) is 6.57. The second kappa shape index (κ2) is 9.48. The van der Waals surface area contributed by atoms with Gasteiger partial charge in [-0.25, -0.2) is 0 Å². The summed E-state index contributed by atoms with van der Waals surface area (Å²) >= 11 is 6.38. The molecule has 0 saturated carbocycles. The van der Waals surface area contributed by atoms with Crippen LogP contribution in [0.5, 0.6) is 5.75 Å². The Morgan fingerprint density at radius 1 is 1.17 bits per heavy atom. The third kappa shape index (κ3) is 5.08. The molecule has 0 bridgehead atoms. The normalized spacial score (nSPS) is 18.1. The molecule has 2 N–H and O–H groups in total. The molecule has 23 heavy (non-hydrogen) atoms. The van der Waals surface area contributed by atoms with Crippen molar-refractivity contribution in [2.75, 3.05) is 45.9 Å². The molecule has 0 aliphatic carbocycles. The molecule has 0 amide bonds. The van der Waals surface area contributed by atoms with Crippen molar-refractivity contribution in [3.63, 3.8) is 0 Å². The van der Waals surface area contributed by atoms with Crippen LogP contribution in [0.25, 0.3) is 0 Å². The van der Waals surface area contributed by atoms with Crippen molar-refractivity contribution < 1.29 is 4.74 Å². The van der Waals surface area contributed by atoms with Crippen LogP contribution < -0.4 is 10.5 Å². The van der Waals surface area contributed by atoms with Gasteiger partial charge in [0.1, 0.15) is 5.75 Å². The first kappa shape index (κ1) is 18.5. The van der Waals surface area contributed by atoms with E-state index in [2.05, 4.69) is 29.7 Å². The molecule has 1 aromatic carbocycles. The van der Waals surface area contributed by atoms with Crippen LogP contribution >= 0.6 is 11.6 Å². The van der Waals surface area contributed by atoms with Gasteiger partial charge in [0, 0.05) is 38.8 Å². The molecule has 1 aliphatic heterocycles. The highest BCUT2D eigenvalue weighted by molar-refractivity contribution is 6.32. The lowest BCUT2D eigenvalue weighted by molar-refractivity contribution is 0.0985. The largest absolute Gasteiger partial charge is 0.492 e. The van der Waals surface area contributed by atoms with Crippen LogP contribution in [-0.4, -0.2) is 55.7 Å². The fourth-order valence-electron chi connectivity index (χ4n) is 3.16. The Balaban J connectivity index is 2.02. The summed E-state index contributed by atoms with van der Waals surface area (Å²) in [6.07, 6.45) is 2.20. The molecule has 1 atom stereocenters. The predicted octanol–water partition coefficient (Wildman–Crippen LogP) is 3.16. The van der Waals surface area contributed by atoms with E-state index in [4.69, 9.17) is 22.1 Å². The predicted molar refractivity (Wildman–Crippen MR) is 97.3 cm³/mol. The summed E-state index contributed by atoms with van der Waals surface area (Å²) in [5, 5.41) is 0.680. The SMILES string of the molecule is CCCOc1ccc(C(CN)N2CCN(CCC)CC2)cc1Cl. The van der Waals surface area contributed by atoms with E-state index in [1.54, 1.807) is 0 Å². The van der Waals surface area contributed by atoms with Gasteiger partial charge in [0.05, 0.1) is 11.6 Å². The van der Waals surface area contributed by atoms with E-state index in [0.29, 0.717) is 18.2 Å². The number of halogens is 1. The Kier molecular flexibility index (Phi) is 7.63. The first-order valence-corrected chi connectivity index (χ1v) is 9.16. The van der Waals surface area contributed by atoms with Crippen LogP contribution in [0, 0.1) is 0 Å². The Labute approximate surface area is 145 Å². The van der Waals surface area contributed by atoms with Crippen LogP contribution in [0.4, 0.5) is 0 Å². The van der Waals surface area contributed by atoms with Crippen LogP contribution in [0.15, 0.2) is 18.2 Å². The highest BCUT2D eigenvalue weighted by Gasteiger charge is 2.24. The monoisotopic (exact) mass is 339 g/mol. The zero-order valence-electron chi connectivity index (χ0n) is 14.4.